The van der Waals surface area contributed by atoms with Crippen molar-refractivity contribution >= 4 is 0 Å². The van der Waals surface area contributed by atoms with Crippen LogP contribution in [0.3, 0.4) is 0 Å². The molecule has 0 aliphatic rings. The Hall–Kier alpha value is -0.860. The zero-order valence-electron chi connectivity index (χ0n) is 13.9. The van der Waals surface area contributed by atoms with Crippen molar-refractivity contribution in [2.24, 2.45) is 5.92 Å². The van der Waals surface area contributed by atoms with Crippen LogP contribution in [-0.2, 0) is 13.1 Å². The van der Waals surface area contributed by atoms with Gasteiger partial charge in [-0.2, -0.15) is 0 Å². The van der Waals surface area contributed by atoms with Gasteiger partial charge in [-0.15, -0.1) is 0 Å². The van der Waals surface area contributed by atoms with E-state index < -0.39 is 0 Å². The highest BCUT2D eigenvalue weighted by molar-refractivity contribution is 5.22. The van der Waals surface area contributed by atoms with E-state index in [1.54, 1.807) is 0 Å². The first-order valence-electron chi connectivity index (χ1n) is 8.14. The van der Waals surface area contributed by atoms with E-state index >= 15 is 0 Å². The second kappa shape index (κ2) is 9.15. The molecule has 1 aromatic carbocycles. The third-order valence-electron chi connectivity index (χ3n) is 4.45. The molecule has 0 aliphatic heterocycles. The molecular weight excluding hydrogens is 244 g/mol. The van der Waals surface area contributed by atoms with Crippen LogP contribution < -0.4 is 5.32 Å². The van der Waals surface area contributed by atoms with E-state index in [4.69, 9.17) is 0 Å². The highest BCUT2D eigenvalue weighted by atomic mass is 15.1. The molecule has 2 heteroatoms. The summed E-state index contributed by atoms with van der Waals surface area (Å²) in [4.78, 5) is 2.44. The van der Waals surface area contributed by atoms with Gasteiger partial charge in [0.2, 0.25) is 0 Å². The molecule has 0 aromatic heterocycles. The van der Waals surface area contributed by atoms with E-state index in [2.05, 4.69) is 69.1 Å². The van der Waals surface area contributed by atoms with Gasteiger partial charge in [0.05, 0.1) is 0 Å². The molecule has 2 unspecified atom stereocenters. The van der Waals surface area contributed by atoms with Crippen LogP contribution in [0.4, 0.5) is 0 Å². The number of rotatable bonds is 9. The lowest BCUT2D eigenvalue weighted by Crippen LogP contribution is -2.31. The molecule has 0 bridgehead atoms. The van der Waals surface area contributed by atoms with Crippen LogP contribution in [0.2, 0.25) is 0 Å². The normalized spacial score (nSPS) is 14.5. The highest BCUT2D eigenvalue weighted by Gasteiger charge is 2.09. The molecule has 0 saturated carbocycles. The van der Waals surface area contributed by atoms with E-state index in [0.717, 1.165) is 32.1 Å². The van der Waals surface area contributed by atoms with Gasteiger partial charge in [0.25, 0.3) is 0 Å². The Morgan fingerprint density at radius 2 is 1.50 bits per heavy atom. The lowest BCUT2D eigenvalue weighted by atomic mass is 10.0. The number of benzene rings is 1. The van der Waals surface area contributed by atoms with Gasteiger partial charge in [-0.1, -0.05) is 58.4 Å². The second-order valence-electron chi connectivity index (χ2n) is 5.83. The predicted molar refractivity (Wildman–Crippen MR) is 88.8 cm³/mol. The summed E-state index contributed by atoms with van der Waals surface area (Å²) in [6, 6.07) is 9.63. The standard InChI is InChI=1S/C18H32N2/c1-6-15(4)16(5)19-13-17-9-11-18(12-10-17)14-20(7-2)8-3/h9-12,15-16,19H,6-8,13-14H2,1-5H3. The van der Waals surface area contributed by atoms with E-state index in [9.17, 15) is 0 Å². The van der Waals surface area contributed by atoms with Gasteiger partial charge in [-0.3, -0.25) is 4.90 Å². The van der Waals surface area contributed by atoms with Crippen LogP contribution in [0.5, 0.6) is 0 Å². The van der Waals surface area contributed by atoms with Gasteiger partial charge in [0.15, 0.2) is 0 Å². The summed E-state index contributed by atoms with van der Waals surface area (Å²) in [6.07, 6.45) is 1.23. The molecule has 0 radical (unpaired) electrons. The summed E-state index contributed by atoms with van der Waals surface area (Å²) in [5.74, 6) is 0.733. The number of nitrogens with zero attached hydrogens (tertiary/aromatic N) is 1. The topological polar surface area (TPSA) is 15.3 Å². The zero-order valence-corrected chi connectivity index (χ0v) is 13.9. The van der Waals surface area contributed by atoms with Crippen molar-refractivity contribution < 1.29 is 0 Å². The quantitative estimate of drug-likeness (QED) is 0.732. The predicted octanol–water partition coefficient (Wildman–Crippen LogP) is 4.05. The maximum Gasteiger partial charge on any atom is 0.0233 e. The molecule has 0 spiro atoms. The average Bonchev–Trinajstić information content (AvgIpc) is 2.50. The molecule has 1 N–H and O–H groups in total. The van der Waals surface area contributed by atoms with Gasteiger partial charge >= 0.3 is 0 Å². The Labute approximate surface area is 125 Å². The molecule has 0 amide bonds. The van der Waals surface area contributed by atoms with Crippen LogP contribution in [-0.4, -0.2) is 24.0 Å². The molecular formula is C18H32N2. The second-order valence-corrected chi connectivity index (χ2v) is 5.83. The van der Waals surface area contributed by atoms with Gasteiger partial charge in [-0.25, -0.2) is 0 Å². The molecule has 2 atom stereocenters. The van der Waals surface area contributed by atoms with Crippen LogP contribution in [0.1, 0.15) is 52.2 Å². The minimum atomic E-state index is 0.579. The molecule has 1 rings (SSSR count). The fourth-order valence-electron chi connectivity index (χ4n) is 2.30. The van der Waals surface area contributed by atoms with Crippen molar-refractivity contribution in [1.29, 1.82) is 0 Å². The summed E-state index contributed by atoms with van der Waals surface area (Å²) in [7, 11) is 0. The SMILES string of the molecule is CCC(C)C(C)NCc1ccc(CN(CC)CC)cc1. The molecule has 0 aliphatic carbocycles. The number of hydrogen-bond donors (Lipinski definition) is 1. The largest absolute Gasteiger partial charge is 0.310 e. The minimum Gasteiger partial charge on any atom is -0.310 e. The first kappa shape index (κ1) is 17.2. The van der Waals surface area contributed by atoms with E-state index in [1.165, 1.54) is 17.5 Å². The Kier molecular flexibility index (Phi) is 7.86. The van der Waals surface area contributed by atoms with Crippen LogP contribution in [0.15, 0.2) is 24.3 Å². The first-order valence-corrected chi connectivity index (χ1v) is 8.14. The fraction of sp³-hybridized carbons (Fsp3) is 0.667. The summed E-state index contributed by atoms with van der Waals surface area (Å²) in [5.41, 5.74) is 2.79. The van der Waals surface area contributed by atoms with Crippen LogP contribution in [0, 0.1) is 5.92 Å². The average molecular weight is 276 g/mol. The Morgan fingerprint density at radius 3 is 2.00 bits per heavy atom. The molecule has 114 valence electrons. The van der Waals surface area contributed by atoms with Crippen molar-refractivity contribution in [3.8, 4) is 0 Å². The lowest BCUT2D eigenvalue weighted by Gasteiger charge is -2.20. The highest BCUT2D eigenvalue weighted by Crippen LogP contribution is 2.10. The van der Waals surface area contributed by atoms with Gasteiger partial charge < -0.3 is 5.32 Å². The van der Waals surface area contributed by atoms with E-state index in [-0.39, 0.29) is 0 Å². The molecule has 1 aromatic rings. The van der Waals surface area contributed by atoms with E-state index in [0.29, 0.717) is 6.04 Å². The van der Waals surface area contributed by atoms with E-state index in [1.807, 2.05) is 0 Å². The Bertz CT molecular complexity index is 354. The summed E-state index contributed by atoms with van der Waals surface area (Å²) < 4.78 is 0. The van der Waals surface area contributed by atoms with Gasteiger partial charge in [0, 0.05) is 19.1 Å². The molecule has 20 heavy (non-hydrogen) atoms. The lowest BCUT2D eigenvalue weighted by molar-refractivity contribution is 0.296. The number of hydrogen-bond acceptors (Lipinski definition) is 2. The Morgan fingerprint density at radius 1 is 0.950 bits per heavy atom. The smallest absolute Gasteiger partial charge is 0.0233 e. The van der Waals surface area contributed by atoms with Crippen LogP contribution >= 0.6 is 0 Å². The third kappa shape index (κ3) is 5.64. The molecule has 0 saturated heterocycles. The summed E-state index contributed by atoms with van der Waals surface area (Å²) in [6.45, 7) is 15.5. The maximum absolute atomic E-state index is 3.62. The fourth-order valence-corrected chi connectivity index (χ4v) is 2.30. The first-order chi connectivity index (χ1) is 9.60. The maximum atomic E-state index is 3.62. The van der Waals surface area contributed by atoms with Gasteiger partial charge in [-0.05, 0) is 37.1 Å². The van der Waals surface area contributed by atoms with Crippen molar-refractivity contribution in [2.45, 2.75) is 60.2 Å². The number of nitrogens with one attached hydrogen (secondary N) is 1. The Balaban J connectivity index is 2.46. The minimum absolute atomic E-state index is 0.579. The van der Waals surface area contributed by atoms with Crippen molar-refractivity contribution in [1.82, 2.24) is 10.2 Å². The van der Waals surface area contributed by atoms with Crippen molar-refractivity contribution in [3.05, 3.63) is 35.4 Å². The third-order valence-corrected chi connectivity index (χ3v) is 4.45. The summed E-state index contributed by atoms with van der Waals surface area (Å²) in [5, 5.41) is 3.62. The van der Waals surface area contributed by atoms with Crippen LogP contribution in [0.25, 0.3) is 0 Å². The molecule has 2 nitrogen and oxygen atoms in total. The zero-order chi connectivity index (χ0) is 15.0. The molecule has 0 fully saturated rings. The monoisotopic (exact) mass is 276 g/mol. The summed E-state index contributed by atoms with van der Waals surface area (Å²) >= 11 is 0. The van der Waals surface area contributed by atoms with Crippen molar-refractivity contribution in [3.63, 3.8) is 0 Å². The molecule has 0 heterocycles. The van der Waals surface area contributed by atoms with Crippen molar-refractivity contribution in [2.75, 3.05) is 13.1 Å². The van der Waals surface area contributed by atoms with Gasteiger partial charge in [0.1, 0.15) is 0 Å².